The smallest absolute Gasteiger partial charge is 0.237 e. The van der Waals surface area contributed by atoms with E-state index in [1.807, 2.05) is 12.1 Å². The van der Waals surface area contributed by atoms with Crippen molar-refractivity contribution in [1.82, 2.24) is 4.98 Å². The Morgan fingerprint density at radius 3 is 2.70 bits per heavy atom. The standard InChI is InChI=1S/C14H15FN4O/c15-11-4-5-14(18-7-11)19(9-13(17)20)8-10-2-1-3-12(16)6-10/h1-7H,8-9,16H2,(H2,17,20). The number of nitrogen functional groups attached to an aromatic ring is 1. The second-order valence-corrected chi connectivity index (χ2v) is 4.40. The van der Waals surface area contributed by atoms with Gasteiger partial charge in [0.05, 0.1) is 12.7 Å². The number of rotatable bonds is 5. The highest BCUT2D eigenvalue weighted by molar-refractivity contribution is 5.79. The Bertz CT molecular complexity index is 600. The van der Waals surface area contributed by atoms with Crippen LogP contribution in [0.4, 0.5) is 15.9 Å². The first-order chi connectivity index (χ1) is 9.54. The lowest BCUT2D eigenvalue weighted by molar-refractivity contribution is -0.116. The third kappa shape index (κ3) is 3.68. The molecule has 6 heteroatoms. The predicted octanol–water partition coefficient (Wildman–Crippen LogP) is 1.29. The number of carbonyl (C=O) groups is 1. The summed E-state index contributed by atoms with van der Waals surface area (Å²) in [6.45, 7) is 0.403. The summed E-state index contributed by atoms with van der Waals surface area (Å²) in [5.74, 6) is -0.440. The number of primary amides is 1. The van der Waals surface area contributed by atoms with Gasteiger partial charge in [-0.05, 0) is 29.8 Å². The quantitative estimate of drug-likeness (QED) is 0.805. The molecule has 5 nitrogen and oxygen atoms in total. The molecule has 0 aliphatic heterocycles. The van der Waals surface area contributed by atoms with E-state index in [0.29, 0.717) is 18.1 Å². The minimum atomic E-state index is -0.486. The van der Waals surface area contributed by atoms with Crippen LogP contribution >= 0.6 is 0 Å². The van der Waals surface area contributed by atoms with Crippen LogP contribution in [0.3, 0.4) is 0 Å². The molecule has 0 radical (unpaired) electrons. The van der Waals surface area contributed by atoms with Gasteiger partial charge in [-0.25, -0.2) is 9.37 Å². The van der Waals surface area contributed by atoms with Crippen molar-refractivity contribution >= 4 is 17.4 Å². The van der Waals surface area contributed by atoms with Crippen molar-refractivity contribution in [3.05, 3.63) is 54.0 Å². The number of hydrogen-bond donors (Lipinski definition) is 2. The van der Waals surface area contributed by atoms with Crippen LogP contribution in [0.5, 0.6) is 0 Å². The van der Waals surface area contributed by atoms with E-state index in [-0.39, 0.29) is 6.54 Å². The number of aromatic nitrogens is 1. The molecule has 1 amide bonds. The largest absolute Gasteiger partial charge is 0.399 e. The lowest BCUT2D eigenvalue weighted by Gasteiger charge is -2.22. The van der Waals surface area contributed by atoms with Crippen LogP contribution in [0.25, 0.3) is 0 Å². The summed E-state index contributed by atoms with van der Waals surface area (Å²) in [6, 6.07) is 10.1. The Hall–Kier alpha value is -2.63. The third-order valence-corrected chi connectivity index (χ3v) is 2.71. The molecule has 1 aromatic carbocycles. The zero-order valence-electron chi connectivity index (χ0n) is 10.8. The van der Waals surface area contributed by atoms with Crippen LogP contribution in [-0.2, 0) is 11.3 Å². The molecule has 0 unspecified atom stereocenters. The highest BCUT2D eigenvalue weighted by Crippen LogP contribution is 2.16. The molecule has 0 aliphatic carbocycles. The highest BCUT2D eigenvalue weighted by Gasteiger charge is 2.12. The Balaban J connectivity index is 2.23. The number of nitrogens with two attached hydrogens (primary N) is 2. The first kappa shape index (κ1) is 13.8. The van der Waals surface area contributed by atoms with Crippen LogP contribution in [0, 0.1) is 5.82 Å². The van der Waals surface area contributed by atoms with Crippen molar-refractivity contribution in [2.24, 2.45) is 5.73 Å². The summed E-state index contributed by atoms with van der Waals surface area (Å²) in [6.07, 6.45) is 1.10. The fraction of sp³-hybridized carbons (Fsp3) is 0.143. The zero-order chi connectivity index (χ0) is 14.5. The van der Waals surface area contributed by atoms with E-state index in [2.05, 4.69) is 4.98 Å². The molecule has 104 valence electrons. The van der Waals surface area contributed by atoms with Gasteiger partial charge in [0.15, 0.2) is 0 Å². The van der Waals surface area contributed by atoms with Gasteiger partial charge in [0.25, 0.3) is 0 Å². The van der Waals surface area contributed by atoms with Crippen molar-refractivity contribution < 1.29 is 9.18 Å². The summed E-state index contributed by atoms with van der Waals surface area (Å²) in [4.78, 5) is 16.8. The molecule has 4 N–H and O–H groups in total. The Morgan fingerprint density at radius 2 is 2.10 bits per heavy atom. The molecule has 0 saturated carbocycles. The number of amides is 1. The van der Waals surface area contributed by atoms with Crippen LogP contribution in [0.15, 0.2) is 42.6 Å². The number of halogens is 1. The van der Waals surface area contributed by atoms with E-state index in [1.54, 1.807) is 17.0 Å². The molecule has 0 saturated heterocycles. The molecule has 0 aliphatic rings. The minimum absolute atomic E-state index is 0.00652. The lowest BCUT2D eigenvalue weighted by atomic mass is 10.2. The second-order valence-electron chi connectivity index (χ2n) is 4.40. The van der Waals surface area contributed by atoms with Gasteiger partial charge in [-0.2, -0.15) is 0 Å². The average molecular weight is 274 g/mol. The first-order valence-corrected chi connectivity index (χ1v) is 6.04. The molecular weight excluding hydrogens is 259 g/mol. The summed E-state index contributed by atoms with van der Waals surface area (Å²) < 4.78 is 12.9. The lowest BCUT2D eigenvalue weighted by Crippen LogP contribution is -2.33. The van der Waals surface area contributed by atoms with Crippen molar-refractivity contribution in [3.63, 3.8) is 0 Å². The summed E-state index contributed by atoms with van der Waals surface area (Å²) >= 11 is 0. The van der Waals surface area contributed by atoms with Gasteiger partial charge in [-0.1, -0.05) is 12.1 Å². The Kier molecular flexibility index (Phi) is 4.14. The maximum atomic E-state index is 12.9. The van der Waals surface area contributed by atoms with Crippen LogP contribution < -0.4 is 16.4 Å². The minimum Gasteiger partial charge on any atom is -0.399 e. The van der Waals surface area contributed by atoms with Crippen LogP contribution in [0.1, 0.15) is 5.56 Å². The summed E-state index contributed by atoms with van der Waals surface area (Å²) in [5, 5.41) is 0. The molecule has 0 fully saturated rings. The first-order valence-electron chi connectivity index (χ1n) is 6.04. The van der Waals surface area contributed by atoms with Crippen molar-refractivity contribution in [1.29, 1.82) is 0 Å². The Morgan fingerprint density at radius 1 is 1.30 bits per heavy atom. The van der Waals surface area contributed by atoms with Crippen molar-refractivity contribution in [2.75, 3.05) is 17.2 Å². The molecule has 0 spiro atoms. The van der Waals surface area contributed by atoms with E-state index in [1.165, 1.54) is 12.1 Å². The van der Waals surface area contributed by atoms with Crippen LogP contribution in [0.2, 0.25) is 0 Å². The SMILES string of the molecule is NC(=O)CN(Cc1cccc(N)c1)c1ccc(F)cn1. The molecular formula is C14H15FN4O. The number of pyridine rings is 1. The van der Waals surface area contributed by atoms with Gasteiger partial charge >= 0.3 is 0 Å². The number of anilines is 2. The average Bonchev–Trinajstić information content (AvgIpc) is 2.38. The van der Waals surface area contributed by atoms with E-state index < -0.39 is 11.7 Å². The number of carbonyl (C=O) groups excluding carboxylic acids is 1. The second kappa shape index (κ2) is 6.01. The summed E-state index contributed by atoms with van der Waals surface area (Å²) in [5.41, 5.74) is 12.5. The number of benzene rings is 1. The molecule has 1 aromatic heterocycles. The third-order valence-electron chi connectivity index (χ3n) is 2.71. The van der Waals surface area contributed by atoms with Crippen LogP contribution in [-0.4, -0.2) is 17.4 Å². The van der Waals surface area contributed by atoms with Crippen molar-refractivity contribution in [2.45, 2.75) is 6.54 Å². The zero-order valence-corrected chi connectivity index (χ0v) is 10.8. The highest BCUT2D eigenvalue weighted by atomic mass is 19.1. The fourth-order valence-electron chi connectivity index (χ4n) is 1.87. The van der Waals surface area contributed by atoms with Gasteiger partial charge in [0, 0.05) is 12.2 Å². The predicted molar refractivity (Wildman–Crippen MR) is 75.3 cm³/mol. The van der Waals surface area contributed by atoms with Gasteiger partial charge < -0.3 is 16.4 Å². The molecule has 0 atom stereocenters. The normalized spacial score (nSPS) is 10.2. The van der Waals surface area contributed by atoms with E-state index in [0.717, 1.165) is 11.8 Å². The van der Waals surface area contributed by atoms with Gasteiger partial charge in [0.2, 0.25) is 5.91 Å². The van der Waals surface area contributed by atoms with Gasteiger partial charge in [0.1, 0.15) is 11.6 Å². The molecule has 20 heavy (non-hydrogen) atoms. The molecule has 2 rings (SSSR count). The molecule has 0 bridgehead atoms. The van der Waals surface area contributed by atoms with E-state index >= 15 is 0 Å². The monoisotopic (exact) mass is 274 g/mol. The summed E-state index contributed by atoms with van der Waals surface area (Å²) in [7, 11) is 0. The van der Waals surface area contributed by atoms with Gasteiger partial charge in [-0.15, -0.1) is 0 Å². The fourth-order valence-corrected chi connectivity index (χ4v) is 1.87. The van der Waals surface area contributed by atoms with Gasteiger partial charge in [-0.3, -0.25) is 4.79 Å². The Labute approximate surface area is 116 Å². The maximum Gasteiger partial charge on any atom is 0.237 e. The number of hydrogen-bond acceptors (Lipinski definition) is 4. The molecule has 1 heterocycles. The van der Waals surface area contributed by atoms with E-state index in [4.69, 9.17) is 11.5 Å². The maximum absolute atomic E-state index is 12.9. The molecule has 2 aromatic rings. The van der Waals surface area contributed by atoms with E-state index in [9.17, 15) is 9.18 Å². The number of nitrogens with zero attached hydrogens (tertiary/aromatic N) is 2. The van der Waals surface area contributed by atoms with Crippen molar-refractivity contribution in [3.8, 4) is 0 Å². The topological polar surface area (TPSA) is 85.2 Å².